The monoisotopic (exact) mass is 188 g/mol. The quantitative estimate of drug-likeness (QED) is 0.384. The van der Waals surface area contributed by atoms with Gasteiger partial charge in [-0.3, -0.25) is 0 Å². The molecule has 0 aliphatic carbocycles. The number of unbranched alkanes of at least 4 members (excludes halogenated alkanes) is 4. The summed E-state index contributed by atoms with van der Waals surface area (Å²) in [5.74, 6) is 2.65. The highest BCUT2D eigenvalue weighted by Crippen LogP contribution is 2.00. The summed E-state index contributed by atoms with van der Waals surface area (Å²) in [5, 5.41) is 2.22. The van der Waals surface area contributed by atoms with Crippen molar-refractivity contribution in [3.05, 3.63) is 0 Å². The minimum Gasteiger partial charge on any atom is -0.216 e. The fourth-order valence-electron chi connectivity index (χ4n) is 0.822. The lowest BCUT2D eigenvalue weighted by Gasteiger charge is -1.91. The van der Waals surface area contributed by atoms with Crippen molar-refractivity contribution in [2.45, 2.75) is 39.0 Å². The van der Waals surface area contributed by atoms with Crippen molar-refractivity contribution >= 4 is 9.84 Å². The Kier molecular flexibility index (Phi) is 5.83. The SMILES string of the molecule is CCCCCCC#CS(C)(=O)=O. The van der Waals surface area contributed by atoms with Crippen LogP contribution in [0.3, 0.4) is 0 Å². The summed E-state index contributed by atoms with van der Waals surface area (Å²) in [5.41, 5.74) is 0. The van der Waals surface area contributed by atoms with Gasteiger partial charge in [0.2, 0.25) is 9.84 Å². The molecular weight excluding hydrogens is 172 g/mol. The van der Waals surface area contributed by atoms with Crippen LogP contribution in [0, 0.1) is 11.2 Å². The van der Waals surface area contributed by atoms with Crippen LogP contribution in [0.4, 0.5) is 0 Å². The van der Waals surface area contributed by atoms with Crippen LogP contribution < -0.4 is 0 Å². The highest BCUT2D eigenvalue weighted by atomic mass is 32.2. The van der Waals surface area contributed by atoms with Crippen LogP contribution in [-0.2, 0) is 9.84 Å². The molecule has 3 heteroatoms. The van der Waals surface area contributed by atoms with Gasteiger partial charge in [-0.15, -0.1) is 0 Å². The molecule has 2 nitrogen and oxygen atoms in total. The summed E-state index contributed by atoms with van der Waals surface area (Å²) in [6, 6.07) is 0. The van der Waals surface area contributed by atoms with Gasteiger partial charge in [-0.25, -0.2) is 8.42 Å². The molecule has 0 saturated heterocycles. The van der Waals surface area contributed by atoms with Gasteiger partial charge in [0.15, 0.2) is 0 Å². The van der Waals surface area contributed by atoms with E-state index in [9.17, 15) is 8.42 Å². The molecule has 0 N–H and O–H groups in total. The van der Waals surface area contributed by atoms with E-state index >= 15 is 0 Å². The summed E-state index contributed by atoms with van der Waals surface area (Å²) in [7, 11) is -3.08. The Hall–Kier alpha value is -0.490. The molecule has 0 aliphatic rings. The van der Waals surface area contributed by atoms with E-state index in [0.717, 1.165) is 19.1 Å². The molecule has 0 atom stereocenters. The van der Waals surface area contributed by atoms with Crippen molar-refractivity contribution in [2.75, 3.05) is 6.26 Å². The van der Waals surface area contributed by atoms with Crippen LogP contribution in [0.1, 0.15) is 39.0 Å². The molecule has 0 bridgehead atoms. The first-order chi connectivity index (χ1) is 5.56. The van der Waals surface area contributed by atoms with Crippen molar-refractivity contribution in [1.82, 2.24) is 0 Å². The second-order valence-corrected chi connectivity index (χ2v) is 4.61. The summed E-state index contributed by atoms with van der Waals surface area (Å²) >= 11 is 0. The van der Waals surface area contributed by atoms with Crippen molar-refractivity contribution in [3.63, 3.8) is 0 Å². The molecule has 0 fully saturated rings. The van der Waals surface area contributed by atoms with Gasteiger partial charge in [-0.2, -0.15) is 0 Å². The van der Waals surface area contributed by atoms with Gasteiger partial charge in [0, 0.05) is 11.7 Å². The van der Waals surface area contributed by atoms with Gasteiger partial charge in [0.05, 0.1) is 6.26 Å². The van der Waals surface area contributed by atoms with Crippen LogP contribution in [-0.4, -0.2) is 14.7 Å². The molecule has 0 saturated carbocycles. The normalized spacial score (nSPS) is 10.5. The molecule has 0 rings (SSSR count). The Morgan fingerprint density at radius 2 is 1.83 bits per heavy atom. The molecule has 0 aromatic heterocycles. The summed E-state index contributed by atoms with van der Waals surface area (Å²) in [6.45, 7) is 2.14. The van der Waals surface area contributed by atoms with Crippen LogP contribution in [0.15, 0.2) is 0 Å². The number of hydrogen-bond donors (Lipinski definition) is 0. The molecule has 0 aromatic carbocycles. The van der Waals surface area contributed by atoms with E-state index in [4.69, 9.17) is 0 Å². The van der Waals surface area contributed by atoms with E-state index in [2.05, 4.69) is 18.1 Å². The molecule has 0 radical (unpaired) electrons. The number of rotatable bonds is 4. The van der Waals surface area contributed by atoms with Gasteiger partial charge in [0.1, 0.15) is 0 Å². The summed E-state index contributed by atoms with van der Waals surface area (Å²) in [6.07, 6.45) is 6.39. The van der Waals surface area contributed by atoms with E-state index in [1.165, 1.54) is 12.8 Å². The van der Waals surface area contributed by atoms with Crippen LogP contribution in [0.2, 0.25) is 0 Å². The lowest BCUT2D eigenvalue weighted by molar-refractivity contribution is 0.611. The number of hydrogen-bond acceptors (Lipinski definition) is 2. The largest absolute Gasteiger partial charge is 0.216 e. The maximum Gasteiger partial charge on any atom is 0.213 e. The van der Waals surface area contributed by atoms with Gasteiger partial charge in [0.25, 0.3) is 0 Å². The van der Waals surface area contributed by atoms with Gasteiger partial charge in [-0.05, 0) is 6.42 Å². The minimum absolute atomic E-state index is 0.701. The Morgan fingerprint density at radius 1 is 1.17 bits per heavy atom. The Morgan fingerprint density at radius 3 is 2.33 bits per heavy atom. The zero-order valence-corrected chi connectivity index (χ0v) is 8.58. The van der Waals surface area contributed by atoms with Crippen LogP contribution >= 0.6 is 0 Å². The van der Waals surface area contributed by atoms with E-state index < -0.39 is 9.84 Å². The van der Waals surface area contributed by atoms with E-state index in [-0.39, 0.29) is 0 Å². The molecule has 0 amide bonds. The summed E-state index contributed by atoms with van der Waals surface area (Å²) in [4.78, 5) is 0. The third-order valence-corrected chi connectivity index (χ3v) is 1.93. The first kappa shape index (κ1) is 11.5. The van der Waals surface area contributed by atoms with Gasteiger partial charge in [-0.1, -0.05) is 32.1 Å². The molecule has 12 heavy (non-hydrogen) atoms. The molecule has 70 valence electrons. The van der Waals surface area contributed by atoms with Gasteiger partial charge >= 0.3 is 0 Å². The molecule has 0 heterocycles. The minimum atomic E-state index is -3.08. The zero-order valence-electron chi connectivity index (χ0n) is 7.76. The van der Waals surface area contributed by atoms with Gasteiger partial charge < -0.3 is 0 Å². The maximum absolute atomic E-state index is 10.5. The Bertz CT molecular complexity index is 254. The topological polar surface area (TPSA) is 34.1 Å². The van der Waals surface area contributed by atoms with Crippen molar-refractivity contribution in [1.29, 1.82) is 0 Å². The average molecular weight is 188 g/mol. The first-order valence-corrected chi connectivity index (χ1v) is 6.15. The second-order valence-electron chi connectivity index (χ2n) is 2.86. The fourth-order valence-corrected chi connectivity index (χ4v) is 1.19. The number of sulfone groups is 1. The van der Waals surface area contributed by atoms with E-state index in [1.54, 1.807) is 0 Å². The predicted molar refractivity (Wildman–Crippen MR) is 51.4 cm³/mol. The summed E-state index contributed by atoms with van der Waals surface area (Å²) < 4.78 is 21.1. The smallest absolute Gasteiger partial charge is 0.213 e. The lowest BCUT2D eigenvalue weighted by atomic mass is 10.2. The molecule has 0 aliphatic heterocycles. The van der Waals surface area contributed by atoms with Crippen LogP contribution in [0.5, 0.6) is 0 Å². The molecular formula is C9H16O2S. The third kappa shape index (κ3) is 9.51. The Balaban J connectivity index is 3.47. The van der Waals surface area contributed by atoms with E-state index in [1.807, 2.05) is 0 Å². The van der Waals surface area contributed by atoms with Crippen molar-refractivity contribution < 1.29 is 8.42 Å². The molecule has 0 unspecified atom stereocenters. The highest BCUT2D eigenvalue weighted by molar-refractivity contribution is 7.95. The first-order valence-electron chi connectivity index (χ1n) is 4.26. The fraction of sp³-hybridized carbons (Fsp3) is 0.778. The van der Waals surface area contributed by atoms with Crippen molar-refractivity contribution in [3.8, 4) is 11.2 Å². The zero-order chi connectivity index (χ0) is 9.45. The van der Waals surface area contributed by atoms with Crippen molar-refractivity contribution in [2.24, 2.45) is 0 Å². The highest BCUT2D eigenvalue weighted by Gasteiger charge is 1.90. The Labute approximate surface area is 75.3 Å². The van der Waals surface area contributed by atoms with Crippen LogP contribution in [0.25, 0.3) is 0 Å². The molecule has 0 aromatic rings. The maximum atomic E-state index is 10.5. The molecule has 0 spiro atoms. The van der Waals surface area contributed by atoms with E-state index in [0.29, 0.717) is 6.42 Å². The average Bonchev–Trinajstić information content (AvgIpc) is 1.94. The second kappa shape index (κ2) is 6.07. The predicted octanol–water partition coefficient (Wildman–Crippen LogP) is 1.96. The standard InChI is InChI=1S/C9H16O2S/c1-3-4-5-6-7-8-9-12(2,10)11/h3-7H2,1-2H3. The lowest BCUT2D eigenvalue weighted by Crippen LogP contribution is -1.88. The third-order valence-electron chi connectivity index (χ3n) is 1.41.